The molecule has 2 heterocycles. The zero-order valence-electron chi connectivity index (χ0n) is 43.1. The van der Waals surface area contributed by atoms with Gasteiger partial charge < -0.3 is 65.1 Å². The van der Waals surface area contributed by atoms with Crippen LogP contribution in [0.5, 0.6) is 0 Å². The molecule has 0 bridgehead atoms. The van der Waals surface area contributed by atoms with Crippen LogP contribution in [-0.4, -0.2) is 140 Å². The van der Waals surface area contributed by atoms with E-state index in [9.17, 15) is 45.6 Å². The van der Waals surface area contributed by atoms with Crippen LogP contribution in [0.25, 0.3) is 0 Å². The molecule has 0 aromatic heterocycles. The average Bonchev–Trinajstić information content (AvgIpc) is 3.35. The number of aliphatic hydroxyl groups is 8. The molecule has 9 N–H and O–H groups in total. The number of unbranched alkanes of at least 4 members (excludes halogenated alkanes) is 26. The largest absolute Gasteiger partial charge is 0.394 e. The van der Waals surface area contributed by atoms with Crippen molar-refractivity contribution < 1.29 is 64.6 Å². The summed E-state index contributed by atoms with van der Waals surface area (Å²) < 4.78 is 22.7. The highest BCUT2D eigenvalue weighted by atomic mass is 16.7. The van der Waals surface area contributed by atoms with Gasteiger partial charge in [-0.3, -0.25) is 4.79 Å². The monoisotopic (exact) mass is 984 g/mol. The van der Waals surface area contributed by atoms with Gasteiger partial charge >= 0.3 is 0 Å². The van der Waals surface area contributed by atoms with E-state index in [1.807, 2.05) is 6.08 Å². The van der Waals surface area contributed by atoms with E-state index in [0.29, 0.717) is 12.8 Å². The van der Waals surface area contributed by atoms with Crippen molar-refractivity contribution in [1.82, 2.24) is 5.32 Å². The number of hydrogen-bond acceptors (Lipinski definition) is 13. The number of aliphatic hydroxyl groups excluding tert-OH is 8. The van der Waals surface area contributed by atoms with Gasteiger partial charge in [-0.15, -0.1) is 0 Å². The Morgan fingerprint density at radius 1 is 0.507 bits per heavy atom. The highest BCUT2D eigenvalue weighted by Gasteiger charge is 2.51. The molecule has 0 aliphatic carbocycles. The number of carbonyl (C=O) groups is 1. The van der Waals surface area contributed by atoms with Gasteiger partial charge in [-0.25, -0.2) is 0 Å². The number of hydrogen-bond donors (Lipinski definition) is 9. The molecule has 69 heavy (non-hydrogen) atoms. The molecule has 1 amide bonds. The van der Waals surface area contributed by atoms with E-state index in [0.717, 1.165) is 44.9 Å². The van der Waals surface area contributed by atoms with Gasteiger partial charge in [-0.05, 0) is 44.9 Å². The van der Waals surface area contributed by atoms with Gasteiger partial charge in [0.25, 0.3) is 0 Å². The van der Waals surface area contributed by atoms with Gasteiger partial charge in [0, 0.05) is 6.42 Å². The van der Waals surface area contributed by atoms with Gasteiger partial charge in [0.1, 0.15) is 48.8 Å². The fourth-order valence-electron chi connectivity index (χ4n) is 9.03. The van der Waals surface area contributed by atoms with Crippen LogP contribution in [0, 0.1) is 0 Å². The molecule has 2 aliphatic heterocycles. The van der Waals surface area contributed by atoms with Crippen LogP contribution in [0.15, 0.2) is 36.5 Å². The quantitative estimate of drug-likeness (QED) is 0.0207. The second kappa shape index (κ2) is 41.7. The second-order valence-electron chi connectivity index (χ2n) is 19.7. The molecule has 0 aromatic rings. The van der Waals surface area contributed by atoms with Crippen molar-refractivity contribution in [2.75, 3.05) is 19.8 Å². The lowest BCUT2D eigenvalue weighted by molar-refractivity contribution is -0.359. The highest BCUT2D eigenvalue weighted by Crippen LogP contribution is 2.30. The molecule has 0 aromatic carbocycles. The predicted molar refractivity (Wildman–Crippen MR) is 272 cm³/mol. The first-order valence-corrected chi connectivity index (χ1v) is 27.7. The Labute approximate surface area is 417 Å². The highest BCUT2D eigenvalue weighted by molar-refractivity contribution is 5.76. The first kappa shape index (κ1) is 63.3. The van der Waals surface area contributed by atoms with Crippen LogP contribution in [-0.2, 0) is 23.7 Å². The minimum Gasteiger partial charge on any atom is -0.394 e. The minimum atomic E-state index is -1.79. The predicted octanol–water partition coefficient (Wildman–Crippen LogP) is 8.27. The van der Waals surface area contributed by atoms with Crippen molar-refractivity contribution in [3.8, 4) is 0 Å². The molecule has 0 radical (unpaired) electrons. The summed E-state index contributed by atoms with van der Waals surface area (Å²) in [6.45, 7) is 2.77. The molecular weight excluding hydrogens is 883 g/mol. The zero-order valence-corrected chi connectivity index (χ0v) is 43.1. The Morgan fingerprint density at radius 2 is 0.928 bits per heavy atom. The molecule has 12 atom stereocenters. The lowest BCUT2D eigenvalue weighted by atomic mass is 9.97. The molecule has 2 saturated heterocycles. The first-order valence-electron chi connectivity index (χ1n) is 27.7. The second-order valence-corrected chi connectivity index (χ2v) is 19.7. The van der Waals surface area contributed by atoms with E-state index in [-0.39, 0.29) is 18.9 Å². The van der Waals surface area contributed by atoms with Crippen LogP contribution < -0.4 is 5.32 Å². The van der Waals surface area contributed by atoms with Crippen molar-refractivity contribution in [2.45, 2.75) is 286 Å². The summed E-state index contributed by atoms with van der Waals surface area (Å²) in [5.41, 5.74) is 0. The van der Waals surface area contributed by atoms with Crippen LogP contribution in [0.3, 0.4) is 0 Å². The van der Waals surface area contributed by atoms with Crippen molar-refractivity contribution in [3.63, 3.8) is 0 Å². The van der Waals surface area contributed by atoms with Gasteiger partial charge in [0.2, 0.25) is 5.91 Å². The maximum atomic E-state index is 13.2. The SMILES string of the molecule is CCCCCCCCCCCC/C=C/CC/C=C/CC/C=C/C(O)C(COC1OC(CO)C(OC2OC(CO)C(O)C(O)C2O)C(O)C1O)NC(=O)CCCCCCCCCCCCCCCCC. The Hall–Kier alpha value is -1.79. The van der Waals surface area contributed by atoms with E-state index in [2.05, 4.69) is 43.5 Å². The van der Waals surface area contributed by atoms with Crippen LogP contribution in [0.2, 0.25) is 0 Å². The molecule has 0 saturated carbocycles. The van der Waals surface area contributed by atoms with Crippen LogP contribution in [0.4, 0.5) is 0 Å². The number of nitrogens with one attached hydrogen (secondary N) is 1. The molecule has 404 valence electrons. The number of allylic oxidation sites excluding steroid dienone is 5. The Bertz CT molecular complexity index is 1300. The summed E-state index contributed by atoms with van der Waals surface area (Å²) in [5, 5.41) is 86.9. The fraction of sp³-hybridized carbons (Fsp3) is 0.873. The van der Waals surface area contributed by atoms with Crippen molar-refractivity contribution in [2.24, 2.45) is 0 Å². The topological polar surface area (TPSA) is 228 Å². The first-order chi connectivity index (χ1) is 33.6. The summed E-state index contributed by atoms with van der Waals surface area (Å²) in [6.07, 6.45) is 31.8. The Balaban J connectivity index is 1.84. The average molecular weight is 984 g/mol. The van der Waals surface area contributed by atoms with Gasteiger partial charge in [-0.1, -0.05) is 198 Å². The lowest BCUT2D eigenvalue weighted by Crippen LogP contribution is -2.65. The number of ether oxygens (including phenoxy) is 4. The van der Waals surface area contributed by atoms with Crippen LogP contribution >= 0.6 is 0 Å². The Morgan fingerprint density at radius 3 is 1.42 bits per heavy atom. The van der Waals surface area contributed by atoms with E-state index in [4.69, 9.17) is 18.9 Å². The summed E-state index contributed by atoms with van der Waals surface area (Å²) in [4.78, 5) is 13.2. The molecule has 2 fully saturated rings. The number of rotatable bonds is 43. The van der Waals surface area contributed by atoms with E-state index >= 15 is 0 Å². The Kier molecular flexibility index (Phi) is 38.2. The molecule has 14 heteroatoms. The zero-order chi connectivity index (χ0) is 50.3. The molecule has 2 rings (SSSR count). The number of carbonyl (C=O) groups excluding carboxylic acids is 1. The van der Waals surface area contributed by atoms with Gasteiger partial charge in [0.05, 0.1) is 32.0 Å². The molecule has 14 nitrogen and oxygen atoms in total. The van der Waals surface area contributed by atoms with Gasteiger partial charge in [-0.2, -0.15) is 0 Å². The summed E-state index contributed by atoms with van der Waals surface area (Å²) in [5.74, 6) is -0.252. The third-order valence-electron chi connectivity index (χ3n) is 13.6. The smallest absolute Gasteiger partial charge is 0.220 e. The van der Waals surface area contributed by atoms with E-state index in [1.165, 1.54) is 135 Å². The maximum absolute atomic E-state index is 13.2. The normalized spacial score (nSPS) is 26.4. The van der Waals surface area contributed by atoms with Crippen molar-refractivity contribution in [3.05, 3.63) is 36.5 Å². The van der Waals surface area contributed by atoms with Crippen LogP contribution in [0.1, 0.15) is 213 Å². The lowest BCUT2D eigenvalue weighted by Gasteiger charge is -2.46. The number of amides is 1. The van der Waals surface area contributed by atoms with Gasteiger partial charge in [0.15, 0.2) is 12.6 Å². The third-order valence-corrected chi connectivity index (χ3v) is 13.6. The molecule has 12 unspecified atom stereocenters. The summed E-state index contributed by atoms with van der Waals surface area (Å²) >= 11 is 0. The fourth-order valence-corrected chi connectivity index (χ4v) is 9.03. The standard InChI is InChI=1S/C55H101NO13/c1-3-5-7-9-11-13-15-17-19-20-21-22-23-25-26-28-30-32-34-36-38-44(59)43(56-47(60)39-37-35-33-31-29-27-24-18-16-14-12-10-8-6-4-2)42-66-54-52(65)50(63)53(46(41-58)68-54)69-55-51(64)49(62)48(61)45(40-57)67-55/h22-23,28,30,36,38,43-46,48-55,57-59,61-65H,3-21,24-27,29,31-35,37,39-42H2,1-2H3,(H,56,60)/b23-22+,30-28+,38-36+. The van der Waals surface area contributed by atoms with E-state index in [1.54, 1.807) is 6.08 Å². The van der Waals surface area contributed by atoms with Crippen molar-refractivity contribution in [1.29, 1.82) is 0 Å². The maximum Gasteiger partial charge on any atom is 0.220 e. The molecule has 2 aliphatic rings. The summed E-state index contributed by atoms with van der Waals surface area (Å²) in [6, 6.07) is -0.934. The molecular formula is C55H101NO13. The summed E-state index contributed by atoms with van der Waals surface area (Å²) in [7, 11) is 0. The molecule has 0 spiro atoms. The third kappa shape index (κ3) is 28.3. The van der Waals surface area contributed by atoms with Crippen molar-refractivity contribution >= 4 is 5.91 Å². The minimum absolute atomic E-state index is 0.252. The van der Waals surface area contributed by atoms with E-state index < -0.39 is 86.8 Å².